The van der Waals surface area contributed by atoms with Crippen LogP contribution in [0, 0.1) is 12.7 Å². The molecule has 1 aromatic heterocycles. The fourth-order valence-electron chi connectivity index (χ4n) is 3.33. The number of ether oxygens (including phenoxy) is 1. The van der Waals surface area contributed by atoms with E-state index in [1.54, 1.807) is 25.5 Å². The smallest absolute Gasteiger partial charge is 0.249 e. The van der Waals surface area contributed by atoms with Gasteiger partial charge in [-0.15, -0.1) is 0 Å². The van der Waals surface area contributed by atoms with Crippen molar-refractivity contribution in [2.75, 3.05) is 17.3 Å². The van der Waals surface area contributed by atoms with Crippen molar-refractivity contribution in [2.45, 2.75) is 19.4 Å². The molecule has 4 rings (SSSR count). The van der Waals surface area contributed by atoms with Crippen LogP contribution in [0.4, 0.5) is 16.0 Å². The third-order valence-corrected chi connectivity index (χ3v) is 5.09. The Balaban J connectivity index is 1.70. The molecule has 1 aliphatic rings. The van der Waals surface area contributed by atoms with Crippen molar-refractivity contribution in [1.29, 1.82) is 0 Å². The molecule has 2 heterocycles. The summed E-state index contributed by atoms with van der Waals surface area (Å²) in [6, 6.07) is 8.98. The van der Waals surface area contributed by atoms with Crippen molar-refractivity contribution in [2.24, 2.45) is 0 Å². The zero-order chi connectivity index (χ0) is 20.5. The monoisotopic (exact) mass is 412 g/mol. The number of likely N-dealkylation sites (N-methyl/N-ethyl adjacent to an activating group) is 1. The number of fused-ring (bicyclic) bond motifs is 1. The molecule has 0 radical (unpaired) electrons. The Morgan fingerprint density at radius 2 is 2.00 bits per heavy atom. The number of halogens is 2. The van der Waals surface area contributed by atoms with Crippen LogP contribution in [0.15, 0.2) is 48.8 Å². The topological polar surface area (TPSA) is 67.3 Å². The van der Waals surface area contributed by atoms with E-state index in [0.717, 1.165) is 11.1 Å². The third-order valence-electron chi connectivity index (χ3n) is 4.77. The van der Waals surface area contributed by atoms with Crippen LogP contribution >= 0.6 is 11.6 Å². The van der Waals surface area contributed by atoms with E-state index in [4.69, 9.17) is 16.3 Å². The molecule has 0 bridgehead atoms. The van der Waals surface area contributed by atoms with Crippen LogP contribution in [0.1, 0.15) is 11.1 Å². The molecule has 0 saturated heterocycles. The lowest BCUT2D eigenvalue weighted by molar-refractivity contribution is -0.119. The van der Waals surface area contributed by atoms with Gasteiger partial charge in [-0.2, -0.15) is 0 Å². The predicted octanol–water partition coefficient (Wildman–Crippen LogP) is 4.37. The van der Waals surface area contributed by atoms with Gasteiger partial charge < -0.3 is 15.0 Å². The molecule has 2 aromatic carbocycles. The first kappa shape index (κ1) is 19.1. The number of hydrogen-bond acceptors (Lipinski definition) is 5. The Bertz CT molecular complexity index is 1080. The van der Waals surface area contributed by atoms with Gasteiger partial charge in [0.2, 0.25) is 11.9 Å². The molecule has 3 aromatic rings. The zero-order valence-electron chi connectivity index (χ0n) is 15.8. The first-order valence-corrected chi connectivity index (χ1v) is 9.38. The van der Waals surface area contributed by atoms with Crippen molar-refractivity contribution < 1.29 is 13.9 Å². The average Bonchev–Trinajstić information content (AvgIpc) is 2.71. The molecule has 1 aliphatic heterocycles. The first-order chi connectivity index (χ1) is 13.9. The van der Waals surface area contributed by atoms with Crippen LogP contribution in [0.2, 0.25) is 5.02 Å². The standard InChI is InChI=1S/C21H18ClFN4O2/c1-12-4-5-13-10-16(26-21-24-8-3-9-25-21)20(28)27(2)18(13)19(12)29-17-11-14(23)6-7-15(17)22/h3-9,11,16H,10H2,1-2H3,(H,24,25,26)/t16-/m1/s1. The lowest BCUT2D eigenvalue weighted by Gasteiger charge is -2.33. The Hall–Kier alpha value is -3.19. The van der Waals surface area contributed by atoms with Crippen molar-refractivity contribution in [3.8, 4) is 11.5 Å². The highest BCUT2D eigenvalue weighted by molar-refractivity contribution is 6.32. The van der Waals surface area contributed by atoms with Gasteiger partial charge in [0.05, 0.1) is 10.7 Å². The molecular formula is C21H18ClFN4O2. The Kier molecular flexibility index (Phi) is 5.07. The molecule has 29 heavy (non-hydrogen) atoms. The second-order valence-electron chi connectivity index (χ2n) is 6.77. The van der Waals surface area contributed by atoms with E-state index in [9.17, 15) is 9.18 Å². The minimum Gasteiger partial charge on any atom is -0.453 e. The van der Waals surface area contributed by atoms with Gasteiger partial charge >= 0.3 is 0 Å². The van der Waals surface area contributed by atoms with Gasteiger partial charge in [0.25, 0.3) is 0 Å². The molecule has 0 unspecified atom stereocenters. The summed E-state index contributed by atoms with van der Waals surface area (Å²) in [4.78, 5) is 22.8. The largest absolute Gasteiger partial charge is 0.453 e. The van der Waals surface area contributed by atoms with Gasteiger partial charge in [0.1, 0.15) is 17.6 Å². The van der Waals surface area contributed by atoms with Crippen LogP contribution in [-0.2, 0) is 11.2 Å². The summed E-state index contributed by atoms with van der Waals surface area (Å²) in [7, 11) is 1.68. The molecule has 1 amide bonds. The first-order valence-electron chi connectivity index (χ1n) is 9.00. The molecule has 6 nitrogen and oxygen atoms in total. The number of nitrogens with one attached hydrogen (secondary N) is 1. The van der Waals surface area contributed by atoms with Crippen molar-refractivity contribution >= 4 is 29.1 Å². The molecule has 1 N–H and O–H groups in total. The second-order valence-corrected chi connectivity index (χ2v) is 7.17. The average molecular weight is 413 g/mol. The molecule has 8 heteroatoms. The fraction of sp³-hybridized carbons (Fsp3) is 0.190. The number of benzene rings is 2. The minimum absolute atomic E-state index is 0.147. The number of anilines is 2. The van der Waals surface area contributed by atoms with E-state index in [2.05, 4.69) is 15.3 Å². The van der Waals surface area contributed by atoms with E-state index in [1.165, 1.54) is 23.1 Å². The van der Waals surface area contributed by atoms with Crippen molar-refractivity contribution in [1.82, 2.24) is 9.97 Å². The third kappa shape index (κ3) is 3.73. The fourth-order valence-corrected chi connectivity index (χ4v) is 3.49. The number of nitrogens with zero attached hydrogens (tertiary/aromatic N) is 3. The highest BCUT2D eigenvalue weighted by atomic mass is 35.5. The molecule has 0 fully saturated rings. The molecular weight excluding hydrogens is 395 g/mol. The number of amides is 1. The molecule has 148 valence electrons. The highest BCUT2D eigenvalue weighted by Gasteiger charge is 2.34. The summed E-state index contributed by atoms with van der Waals surface area (Å²) in [5.41, 5.74) is 2.36. The Labute approximate surface area is 172 Å². The van der Waals surface area contributed by atoms with Gasteiger partial charge in [-0.25, -0.2) is 14.4 Å². The summed E-state index contributed by atoms with van der Waals surface area (Å²) in [6.07, 6.45) is 3.65. The van der Waals surface area contributed by atoms with Crippen LogP contribution in [-0.4, -0.2) is 29.0 Å². The zero-order valence-corrected chi connectivity index (χ0v) is 16.6. The lowest BCUT2D eigenvalue weighted by atomic mass is 9.95. The summed E-state index contributed by atoms with van der Waals surface area (Å²) in [6.45, 7) is 1.86. The molecule has 1 atom stereocenters. The normalized spacial score (nSPS) is 15.8. The Morgan fingerprint density at radius 1 is 1.24 bits per heavy atom. The number of carbonyl (C=O) groups is 1. The maximum Gasteiger partial charge on any atom is 0.249 e. The second kappa shape index (κ2) is 7.67. The summed E-state index contributed by atoms with van der Waals surface area (Å²) >= 11 is 6.16. The lowest BCUT2D eigenvalue weighted by Crippen LogP contribution is -2.46. The van der Waals surface area contributed by atoms with Crippen molar-refractivity contribution in [3.63, 3.8) is 0 Å². The Morgan fingerprint density at radius 3 is 2.76 bits per heavy atom. The summed E-state index contributed by atoms with van der Waals surface area (Å²) in [5.74, 6) is 0.453. The van der Waals surface area contributed by atoms with E-state index in [1.807, 2.05) is 19.1 Å². The summed E-state index contributed by atoms with van der Waals surface area (Å²) < 4.78 is 19.6. The van der Waals surface area contributed by atoms with E-state index < -0.39 is 11.9 Å². The number of carbonyl (C=O) groups excluding carboxylic acids is 1. The van der Waals surface area contributed by atoms with Crippen LogP contribution in [0.3, 0.4) is 0 Å². The van der Waals surface area contributed by atoms with E-state index in [0.29, 0.717) is 23.8 Å². The van der Waals surface area contributed by atoms with Gasteiger partial charge in [0.15, 0.2) is 5.75 Å². The molecule has 0 saturated carbocycles. The maximum absolute atomic E-state index is 13.7. The number of aryl methyl sites for hydroxylation is 1. The van der Waals surface area contributed by atoms with Crippen LogP contribution < -0.4 is 15.0 Å². The number of aromatic nitrogens is 2. The predicted molar refractivity (Wildman–Crippen MR) is 109 cm³/mol. The minimum atomic E-state index is -0.511. The summed E-state index contributed by atoms with van der Waals surface area (Å²) in [5, 5.41) is 3.36. The van der Waals surface area contributed by atoms with Gasteiger partial charge in [0, 0.05) is 31.9 Å². The quantitative estimate of drug-likeness (QED) is 0.689. The van der Waals surface area contributed by atoms with Crippen molar-refractivity contribution in [3.05, 3.63) is 70.8 Å². The molecule has 0 aliphatic carbocycles. The van der Waals surface area contributed by atoms with E-state index in [-0.39, 0.29) is 16.7 Å². The van der Waals surface area contributed by atoms with Gasteiger partial charge in [-0.05, 0) is 36.2 Å². The highest BCUT2D eigenvalue weighted by Crippen LogP contribution is 2.42. The SMILES string of the molecule is Cc1ccc2c(c1Oc1cc(F)ccc1Cl)N(C)C(=O)[C@H](Nc1ncccn1)C2. The number of rotatable bonds is 4. The molecule has 0 spiro atoms. The number of hydrogen-bond donors (Lipinski definition) is 1. The van der Waals surface area contributed by atoms with Gasteiger partial charge in [-0.3, -0.25) is 4.79 Å². The van der Waals surface area contributed by atoms with Crippen LogP contribution in [0.25, 0.3) is 0 Å². The maximum atomic E-state index is 13.7. The van der Waals surface area contributed by atoms with Gasteiger partial charge in [-0.1, -0.05) is 23.7 Å². The van der Waals surface area contributed by atoms with E-state index >= 15 is 0 Å². The van der Waals surface area contributed by atoms with Crippen LogP contribution in [0.5, 0.6) is 11.5 Å².